The lowest BCUT2D eigenvalue weighted by Gasteiger charge is -2.21. The van der Waals surface area contributed by atoms with Gasteiger partial charge >= 0.3 is 0 Å². The fourth-order valence-corrected chi connectivity index (χ4v) is 2.59. The lowest BCUT2D eigenvalue weighted by molar-refractivity contribution is 0.0786. The van der Waals surface area contributed by atoms with Gasteiger partial charge in [-0.05, 0) is 24.5 Å². The van der Waals surface area contributed by atoms with Gasteiger partial charge in [-0.2, -0.15) is 0 Å². The topological polar surface area (TPSA) is 59.2 Å². The number of carbonyl (C=O) groups excluding carboxylic acids is 1. The van der Waals surface area contributed by atoms with Crippen LogP contribution in [0.1, 0.15) is 56.6 Å². The SMILES string of the molecule is CCC1CCN(C(=O)c2cc(N)nc(C(C)(C)C)c2)C1. The summed E-state index contributed by atoms with van der Waals surface area (Å²) in [6.07, 6.45) is 2.24. The molecule has 4 nitrogen and oxygen atoms in total. The van der Waals surface area contributed by atoms with Crippen LogP contribution in [0.4, 0.5) is 5.82 Å². The molecular weight excluding hydrogens is 250 g/mol. The Bertz CT molecular complexity index is 505. The van der Waals surface area contributed by atoms with E-state index in [2.05, 4.69) is 32.7 Å². The Labute approximate surface area is 121 Å². The molecule has 2 N–H and O–H groups in total. The van der Waals surface area contributed by atoms with Crippen molar-refractivity contribution in [2.24, 2.45) is 5.92 Å². The first-order chi connectivity index (χ1) is 9.31. The molecule has 1 aromatic rings. The maximum Gasteiger partial charge on any atom is 0.254 e. The molecule has 1 aliphatic rings. The van der Waals surface area contributed by atoms with Crippen LogP contribution >= 0.6 is 0 Å². The maximum atomic E-state index is 12.6. The van der Waals surface area contributed by atoms with E-state index in [-0.39, 0.29) is 11.3 Å². The Balaban J connectivity index is 2.24. The fourth-order valence-electron chi connectivity index (χ4n) is 2.59. The van der Waals surface area contributed by atoms with E-state index in [9.17, 15) is 4.79 Å². The average Bonchev–Trinajstić information content (AvgIpc) is 2.84. The van der Waals surface area contributed by atoms with E-state index in [0.29, 0.717) is 17.3 Å². The van der Waals surface area contributed by atoms with Gasteiger partial charge < -0.3 is 10.6 Å². The minimum Gasteiger partial charge on any atom is -0.384 e. The van der Waals surface area contributed by atoms with Crippen molar-refractivity contribution in [2.75, 3.05) is 18.8 Å². The summed E-state index contributed by atoms with van der Waals surface area (Å²) in [5.41, 5.74) is 7.29. The number of rotatable bonds is 2. The Kier molecular flexibility index (Phi) is 4.02. The van der Waals surface area contributed by atoms with Gasteiger partial charge in [0.05, 0.1) is 0 Å². The normalized spacial score (nSPS) is 19.4. The van der Waals surface area contributed by atoms with Crippen LogP contribution < -0.4 is 5.73 Å². The van der Waals surface area contributed by atoms with Gasteiger partial charge in [-0.1, -0.05) is 34.1 Å². The first-order valence-corrected chi connectivity index (χ1v) is 7.38. The molecule has 0 aliphatic carbocycles. The molecule has 1 amide bonds. The van der Waals surface area contributed by atoms with Crippen molar-refractivity contribution in [3.8, 4) is 0 Å². The summed E-state index contributed by atoms with van der Waals surface area (Å²) in [5, 5.41) is 0. The van der Waals surface area contributed by atoms with Crippen LogP contribution in [-0.2, 0) is 5.41 Å². The van der Waals surface area contributed by atoms with Gasteiger partial charge in [0, 0.05) is 29.8 Å². The summed E-state index contributed by atoms with van der Waals surface area (Å²) >= 11 is 0. The third kappa shape index (κ3) is 3.11. The number of amides is 1. The minimum atomic E-state index is -0.110. The largest absolute Gasteiger partial charge is 0.384 e. The molecule has 1 aliphatic heterocycles. The summed E-state index contributed by atoms with van der Waals surface area (Å²) in [5.74, 6) is 1.15. The summed E-state index contributed by atoms with van der Waals surface area (Å²) < 4.78 is 0. The summed E-state index contributed by atoms with van der Waals surface area (Å²) in [6.45, 7) is 10.1. The molecule has 2 rings (SSSR count). The first-order valence-electron chi connectivity index (χ1n) is 7.38. The lowest BCUT2D eigenvalue weighted by atomic mass is 9.90. The standard InChI is InChI=1S/C16H25N3O/c1-5-11-6-7-19(10-11)15(20)12-8-13(16(2,3)4)18-14(17)9-12/h8-9,11H,5-7,10H2,1-4H3,(H2,17,18). The minimum absolute atomic E-state index is 0.0838. The van der Waals surface area contributed by atoms with Crippen molar-refractivity contribution in [3.63, 3.8) is 0 Å². The third-order valence-corrected chi connectivity index (χ3v) is 4.01. The first kappa shape index (κ1) is 14.8. The zero-order valence-electron chi connectivity index (χ0n) is 12.9. The smallest absolute Gasteiger partial charge is 0.254 e. The molecule has 1 atom stereocenters. The van der Waals surface area contributed by atoms with Gasteiger partial charge in [-0.15, -0.1) is 0 Å². The third-order valence-electron chi connectivity index (χ3n) is 4.01. The van der Waals surface area contributed by atoms with E-state index >= 15 is 0 Å². The number of hydrogen-bond acceptors (Lipinski definition) is 3. The van der Waals surface area contributed by atoms with E-state index in [0.717, 1.165) is 31.6 Å². The molecule has 0 spiro atoms. The van der Waals surface area contributed by atoms with Crippen LogP contribution in [0.25, 0.3) is 0 Å². The number of nitrogens with zero attached hydrogens (tertiary/aromatic N) is 2. The van der Waals surface area contributed by atoms with Crippen molar-refractivity contribution in [1.82, 2.24) is 9.88 Å². The number of hydrogen-bond donors (Lipinski definition) is 1. The number of nitrogens with two attached hydrogens (primary N) is 1. The van der Waals surface area contributed by atoms with E-state index in [1.54, 1.807) is 6.07 Å². The highest BCUT2D eigenvalue weighted by atomic mass is 16.2. The fraction of sp³-hybridized carbons (Fsp3) is 0.625. The number of likely N-dealkylation sites (tertiary alicyclic amines) is 1. The summed E-state index contributed by atoms with van der Waals surface area (Å²) in [4.78, 5) is 18.9. The van der Waals surface area contributed by atoms with Crippen LogP contribution in [0, 0.1) is 5.92 Å². The quantitative estimate of drug-likeness (QED) is 0.903. The Hall–Kier alpha value is -1.58. The molecule has 20 heavy (non-hydrogen) atoms. The summed E-state index contributed by atoms with van der Waals surface area (Å²) in [6, 6.07) is 3.58. The summed E-state index contributed by atoms with van der Waals surface area (Å²) in [7, 11) is 0. The number of carbonyl (C=O) groups is 1. The molecule has 0 aromatic carbocycles. The molecule has 110 valence electrons. The molecule has 0 radical (unpaired) electrons. The molecule has 0 bridgehead atoms. The number of aromatic nitrogens is 1. The van der Waals surface area contributed by atoms with E-state index in [1.165, 1.54) is 0 Å². The molecule has 0 saturated carbocycles. The Morgan fingerprint density at radius 3 is 2.70 bits per heavy atom. The van der Waals surface area contributed by atoms with Crippen molar-refractivity contribution < 1.29 is 4.79 Å². The second kappa shape index (κ2) is 5.43. The second-order valence-electron chi connectivity index (χ2n) is 6.73. The van der Waals surface area contributed by atoms with Gasteiger partial charge in [-0.25, -0.2) is 4.98 Å². The monoisotopic (exact) mass is 275 g/mol. The van der Waals surface area contributed by atoms with Gasteiger partial charge in [0.2, 0.25) is 0 Å². The van der Waals surface area contributed by atoms with Gasteiger partial charge in [0.25, 0.3) is 5.91 Å². The molecule has 2 heterocycles. The van der Waals surface area contributed by atoms with Gasteiger partial charge in [0.1, 0.15) is 5.82 Å². The van der Waals surface area contributed by atoms with E-state index < -0.39 is 0 Å². The zero-order chi connectivity index (χ0) is 14.9. The zero-order valence-corrected chi connectivity index (χ0v) is 12.9. The predicted molar refractivity (Wildman–Crippen MR) is 81.7 cm³/mol. The van der Waals surface area contributed by atoms with Crippen molar-refractivity contribution in [3.05, 3.63) is 23.4 Å². The molecule has 4 heteroatoms. The maximum absolute atomic E-state index is 12.6. The van der Waals surface area contributed by atoms with Crippen LogP contribution in [0.2, 0.25) is 0 Å². The van der Waals surface area contributed by atoms with Crippen molar-refractivity contribution in [2.45, 2.75) is 46.0 Å². The lowest BCUT2D eigenvalue weighted by Crippen LogP contribution is -2.29. The predicted octanol–water partition coefficient (Wildman–Crippen LogP) is 2.83. The Morgan fingerprint density at radius 1 is 1.45 bits per heavy atom. The van der Waals surface area contributed by atoms with Crippen molar-refractivity contribution in [1.29, 1.82) is 0 Å². The van der Waals surface area contributed by atoms with Crippen molar-refractivity contribution >= 4 is 11.7 Å². The number of nitrogen functional groups attached to an aromatic ring is 1. The van der Waals surface area contributed by atoms with E-state index in [1.807, 2.05) is 11.0 Å². The number of anilines is 1. The molecule has 1 unspecified atom stereocenters. The van der Waals surface area contributed by atoms with Crippen LogP contribution in [0.3, 0.4) is 0 Å². The molecule has 1 fully saturated rings. The number of pyridine rings is 1. The Morgan fingerprint density at radius 2 is 2.15 bits per heavy atom. The molecule has 1 saturated heterocycles. The highest BCUT2D eigenvalue weighted by Gasteiger charge is 2.27. The van der Waals surface area contributed by atoms with Gasteiger partial charge in [0.15, 0.2) is 0 Å². The molecule has 1 aromatic heterocycles. The van der Waals surface area contributed by atoms with E-state index in [4.69, 9.17) is 5.73 Å². The van der Waals surface area contributed by atoms with Crippen LogP contribution in [-0.4, -0.2) is 28.9 Å². The van der Waals surface area contributed by atoms with Crippen LogP contribution in [0.5, 0.6) is 0 Å². The highest BCUT2D eigenvalue weighted by Crippen LogP contribution is 2.25. The average molecular weight is 275 g/mol. The highest BCUT2D eigenvalue weighted by molar-refractivity contribution is 5.95. The second-order valence-corrected chi connectivity index (χ2v) is 6.73. The van der Waals surface area contributed by atoms with Gasteiger partial charge in [-0.3, -0.25) is 4.79 Å². The van der Waals surface area contributed by atoms with Crippen LogP contribution in [0.15, 0.2) is 12.1 Å². The molecular formula is C16H25N3O.